The summed E-state index contributed by atoms with van der Waals surface area (Å²) in [5, 5.41) is 9.93. The molecule has 9 nitrogen and oxygen atoms in total. The first-order chi connectivity index (χ1) is 18.4. The number of nitrogens with zero attached hydrogens (tertiary/aromatic N) is 3. The maximum absolute atomic E-state index is 12.1. The summed E-state index contributed by atoms with van der Waals surface area (Å²) in [7, 11) is 1.95. The predicted octanol–water partition coefficient (Wildman–Crippen LogP) is 3.81. The quantitative estimate of drug-likeness (QED) is 0.419. The van der Waals surface area contributed by atoms with Gasteiger partial charge < -0.3 is 28.9 Å². The van der Waals surface area contributed by atoms with Crippen LogP contribution in [0.4, 0.5) is 0 Å². The SMILES string of the molecule is CCCCN(C=O)CCCC.CN1CC(c2ccc3c(c2)OCO3)C(C(=O)O)C1CCn1ccccc1=O. The summed E-state index contributed by atoms with van der Waals surface area (Å²) in [6, 6.07) is 10.5. The third kappa shape index (κ3) is 7.60. The van der Waals surface area contributed by atoms with E-state index < -0.39 is 11.9 Å². The number of unbranched alkanes of at least 4 members (excludes halogenated alkanes) is 2. The highest BCUT2D eigenvalue weighted by Crippen LogP contribution is 2.42. The van der Waals surface area contributed by atoms with Gasteiger partial charge in [0, 0.05) is 50.4 Å². The number of aryl methyl sites for hydroxylation is 1. The van der Waals surface area contributed by atoms with Crippen LogP contribution in [0.5, 0.6) is 11.5 Å². The number of pyridine rings is 1. The maximum atomic E-state index is 12.1. The zero-order chi connectivity index (χ0) is 27.5. The van der Waals surface area contributed by atoms with E-state index in [4.69, 9.17) is 9.47 Å². The normalized spacial score (nSPS) is 20.0. The number of aromatic nitrogens is 1. The number of hydrogen-bond donors (Lipinski definition) is 1. The highest BCUT2D eigenvalue weighted by Gasteiger charge is 2.45. The van der Waals surface area contributed by atoms with Crippen LogP contribution < -0.4 is 15.0 Å². The van der Waals surface area contributed by atoms with E-state index in [1.807, 2.05) is 36.2 Å². The molecule has 0 saturated carbocycles. The number of aliphatic carboxylic acids is 1. The van der Waals surface area contributed by atoms with Crippen molar-refractivity contribution >= 4 is 12.4 Å². The molecule has 2 aliphatic rings. The molecule has 38 heavy (non-hydrogen) atoms. The van der Waals surface area contributed by atoms with Gasteiger partial charge in [-0.05, 0) is 50.1 Å². The van der Waals surface area contributed by atoms with Gasteiger partial charge in [0.15, 0.2) is 11.5 Å². The molecule has 1 N–H and O–H groups in total. The van der Waals surface area contributed by atoms with Crippen molar-refractivity contribution in [2.45, 2.75) is 64.5 Å². The van der Waals surface area contributed by atoms with Crippen molar-refractivity contribution in [3.05, 3.63) is 58.5 Å². The number of likely N-dealkylation sites (N-methyl/N-ethyl adjacent to an activating group) is 1. The summed E-state index contributed by atoms with van der Waals surface area (Å²) < 4.78 is 12.4. The first-order valence-corrected chi connectivity index (χ1v) is 13.6. The molecule has 1 aromatic carbocycles. The smallest absolute Gasteiger partial charge is 0.308 e. The Morgan fingerprint density at radius 2 is 1.82 bits per heavy atom. The van der Waals surface area contributed by atoms with E-state index >= 15 is 0 Å². The Labute approximate surface area is 225 Å². The molecular weight excluding hydrogens is 486 g/mol. The number of amides is 1. The molecule has 3 unspecified atom stereocenters. The second-order valence-electron chi connectivity index (χ2n) is 9.96. The Morgan fingerprint density at radius 3 is 2.45 bits per heavy atom. The Balaban J connectivity index is 0.000000310. The summed E-state index contributed by atoms with van der Waals surface area (Å²) in [6.07, 6.45) is 7.88. The fourth-order valence-corrected chi connectivity index (χ4v) is 5.15. The summed E-state index contributed by atoms with van der Waals surface area (Å²) in [5.74, 6) is -0.141. The second kappa shape index (κ2) is 14.6. The van der Waals surface area contributed by atoms with Gasteiger partial charge in [0.1, 0.15) is 0 Å². The third-order valence-electron chi connectivity index (χ3n) is 7.32. The molecule has 2 aromatic rings. The number of carboxylic acid groups (broad SMARTS) is 1. The van der Waals surface area contributed by atoms with Gasteiger partial charge in [-0.2, -0.15) is 0 Å². The lowest BCUT2D eigenvalue weighted by molar-refractivity contribution is -0.143. The number of fused-ring (bicyclic) bond motifs is 1. The number of carbonyl (C=O) groups excluding carboxylic acids is 1. The van der Waals surface area contributed by atoms with Gasteiger partial charge >= 0.3 is 5.97 Å². The van der Waals surface area contributed by atoms with Crippen LogP contribution in [0, 0.1) is 5.92 Å². The number of carbonyl (C=O) groups is 2. The minimum Gasteiger partial charge on any atom is -0.481 e. The number of hydrogen-bond acceptors (Lipinski definition) is 6. The number of benzene rings is 1. The molecule has 0 spiro atoms. The van der Waals surface area contributed by atoms with Gasteiger partial charge in [0.05, 0.1) is 5.92 Å². The van der Waals surface area contributed by atoms with E-state index in [-0.39, 0.29) is 24.3 Å². The first-order valence-electron chi connectivity index (χ1n) is 13.6. The van der Waals surface area contributed by atoms with E-state index in [1.54, 1.807) is 16.8 Å². The molecule has 0 aliphatic carbocycles. The van der Waals surface area contributed by atoms with Gasteiger partial charge in [-0.3, -0.25) is 14.4 Å². The molecule has 1 amide bonds. The minimum absolute atomic E-state index is 0.0719. The van der Waals surface area contributed by atoms with Crippen LogP contribution in [0.15, 0.2) is 47.4 Å². The Bertz CT molecular complexity index is 1100. The Kier molecular flexibility index (Phi) is 11.2. The molecule has 2 aliphatic heterocycles. The van der Waals surface area contributed by atoms with Crippen molar-refractivity contribution < 1.29 is 24.2 Å². The van der Waals surface area contributed by atoms with Crippen LogP contribution in [-0.2, 0) is 16.1 Å². The van der Waals surface area contributed by atoms with Gasteiger partial charge in [-0.15, -0.1) is 0 Å². The van der Waals surface area contributed by atoms with Crippen molar-refractivity contribution in [1.82, 2.24) is 14.4 Å². The van der Waals surface area contributed by atoms with Gasteiger partial charge in [0.25, 0.3) is 0 Å². The molecule has 9 heteroatoms. The molecule has 4 rings (SSSR count). The largest absolute Gasteiger partial charge is 0.481 e. The van der Waals surface area contributed by atoms with E-state index in [2.05, 4.69) is 18.7 Å². The summed E-state index contributed by atoms with van der Waals surface area (Å²) in [5.41, 5.74) is 0.871. The molecule has 0 radical (unpaired) electrons. The molecular formula is C29H41N3O6. The van der Waals surface area contributed by atoms with Crippen molar-refractivity contribution in [3.8, 4) is 11.5 Å². The Morgan fingerprint density at radius 1 is 1.11 bits per heavy atom. The average molecular weight is 528 g/mol. The van der Waals surface area contributed by atoms with E-state index in [9.17, 15) is 19.5 Å². The molecule has 3 heterocycles. The summed E-state index contributed by atoms with van der Waals surface area (Å²) >= 11 is 0. The van der Waals surface area contributed by atoms with Crippen LogP contribution >= 0.6 is 0 Å². The number of carboxylic acids is 1. The van der Waals surface area contributed by atoms with Gasteiger partial charge in [-0.25, -0.2) is 0 Å². The van der Waals surface area contributed by atoms with Crippen LogP contribution in [-0.4, -0.2) is 71.4 Å². The van der Waals surface area contributed by atoms with Crippen molar-refractivity contribution in [2.24, 2.45) is 5.92 Å². The van der Waals surface area contributed by atoms with E-state index in [0.717, 1.165) is 50.7 Å². The molecule has 1 fully saturated rings. The lowest BCUT2D eigenvalue weighted by Crippen LogP contribution is -2.35. The fraction of sp³-hybridized carbons (Fsp3) is 0.552. The zero-order valence-corrected chi connectivity index (χ0v) is 22.8. The zero-order valence-electron chi connectivity index (χ0n) is 22.8. The van der Waals surface area contributed by atoms with Crippen LogP contribution in [0.25, 0.3) is 0 Å². The Hall–Kier alpha value is -3.33. The highest BCUT2D eigenvalue weighted by molar-refractivity contribution is 5.73. The first kappa shape index (κ1) is 29.2. The molecule has 3 atom stereocenters. The molecule has 1 aromatic heterocycles. The molecule has 208 valence electrons. The molecule has 1 saturated heterocycles. The summed E-state index contributed by atoms with van der Waals surface area (Å²) in [6.45, 7) is 7.48. The fourth-order valence-electron chi connectivity index (χ4n) is 5.15. The summed E-state index contributed by atoms with van der Waals surface area (Å²) in [4.78, 5) is 38.4. The standard InChI is InChI=1S/C20H22N2O5.C9H19NO/c1-21-11-14(13-5-6-16-17(10-13)27-12-26-16)19(20(24)25)15(21)7-9-22-8-3-2-4-18(22)23;1-3-5-7-10(9-11)8-6-4-2/h2-6,8,10,14-15,19H,7,9,11-12H2,1H3,(H,24,25);9H,3-8H2,1-2H3. The maximum Gasteiger partial charge on any atom is 0.308 e. The topological polar surface area (TPSA) is 101 Å². The number of ether oxygens (including phenoxy) is 2. The predicted molar refractivity (Wildman–Crippen MR) is 146 cm³/mol. The van der Waals surface area contributed by atoms with Crippen LogP contribution in [0.3, 0.4) is 0 Å². The lowest BCUT2D eigenvalue weighted by Gasteiger charge is -2.24. The minimum atomic E-state index is -0.813. The van der Waals surface area contributed by atoms with Crippen molar-refractivity contribution in [1.29, 1.82) is 0 Å². The van der Waals surface area contributed by atoms with Crippen LogP contribution in [0.1, 0.15) is 57.4 Å². The van der Waals surface area contributed by atoms with Gasteiger partial charge in [-0.1, -0.05) is 38.8 Å². The highest BCUT2D eigenvalue weighted by atomic mass is 16.7. The van der Waals surface area contributed by atoms with Crippen molar-refractivity contribution in [2.75, 3.05) is 33.5 Å². The van der Waals surface area contributed by atoms with E-state index in [1.165, 1.54) is 6.07 Å². The third-order valence-corrected chi connectivity index (χ3v) is 7.32. The monoisotopic (exact) mass is 527 g/mol. The molecule has 0 bridgehead atoms. The van der Waals surface area contributed by atoms with Gasteiger partial charge in [0.2, 0.25) is 18.8 Å². The van der Waals surface area contributed by atoms with Crippen LogP contribution in [0.2, 0.25) is 0 Å². The lowest BCUT2D eigenvalue weighted by atomic mass is 9.84. The average Bonchev–Trinajstić information content (AvgIpc) is 3.52. The van der Waals surface area contributed by atoms with Crippen molar-refractivity contribution in [3.63, 3.8) is 0 Å². The number of likely N-dealkylation sites (tertiary alicyclic amines) is 1. The van der Waals surface area contributed by atoms with E-state index in [0.29, 0.717) is 31.0 Å². The number of rotatable bonds is 12. The second-order valence-corrected chi connectivity index (χ2v) is 9.96.